The SMILES string of the molecule is CCCCCCCCCCCCC/C=C/[C@@H](N)[C@@H](O)CO. The van der Waals surface area contributed by atoms with Gasteiger partial charge in [0.2, 0.25) is 0 Å². The lowest BCUT2D eigenvalue weighted by Crippen LogP contribution is -2.35. The normalized spacial score (nSPS) is 14.7. The van der Waals surface area contributed by atoms with Gasteiger partial charge in [-0.1, -0.05) is 83.3 Å². The number of allylic oxidation sites excluding steroid dienone is 1. The average Bonchev–Trinajstić information content (AvgIpc) is 2.50. The summed E-state index contributed by atoms with van der Waals surface area (Å²) in [6, 6.07) is -0.442. The smallest absolute Gasteiger partial charge is 0.0957 e. The highest BCUT2D eigenvalue weighted by molar-refractivity contribution is 4.94. The van der Waals surface area contributed by atoms with E-state index in [1.807, 2.05) is 6.08 Å². The van der Waals surface area contributed by atoms with Crippen molar-refractivity contribution in [1.29, 1.82) is 0 Å². The molecule has 0 aromatic heterocycles. The van der Waals surface area contributed by atoms with Crippen LogP contribution in [0.2, 0.25) is 0 Å². The second kappa shape index (κ2) is 16.0. The fourth-order valence-corrected chi connectivity index (χ4v) is 2.43. The fourth-order valence-electron chi connectivity index (χ4n) is 2.43. The molecule has 0 aliphatic rings. The van der Waals surface area contributed by atoms with E-state index in [9.17, 15) is 5.11 Å². The van der Waals surface area contributed by atoms with Gasteiger partial charge in [0.15, 0.2) is 0 Å². The first-order chi connectivity index (χ1) is 10.2. The number of rotatable bonds is 15. The Morgan fingerprint density at radius 1 is 0.857 bits per heavy atom. The Labute approximate surface area is 131 Å². The van der Waals surface area contributed by atoms with Crippen LogP contribution in [0.4, 0.5) is 0 Å². The number of hydrogen-bond acceptors (Lipinski definition) is 3. The maximum Gasteiger partial charge on any atom is 0.0957 e. The molecule has 0 aliphatic heterocycles. The minimum absolute atomic E-state index is 0.274. The van der Waals surface area contributed by atoms with Gasteiger partial charge in [-0.25, -0.2) is 0 Å². The number of hydrogen-bond donors (Lipinski definition) is 3. The van der Waals surface area contributed by atoms with Crippen LogP contribution in [0.15, 0.2) is 12.2 Å². The molecule has 0 radical (unpaired) electrons. The molecule has 0 saturated heterocycles. The van der Waals surface area contributed by atoms with Gasteiger partial charge in [-0.15, -0.1) is 0 Å². The Bertz CT molecular complexity index is 231. The van der Waals surface area contributed by atoms with Gasteiger partial charge >= 0.3 is 0 Å². The van der Waals surface area contributed by atoms with Gasteiger partial charge in [-0.3, -0.25) is 0 Å². The van der Waals surface area contributed by atoms with Crippen LogP contribution in [0.3, 0.4) is 0 Å². The molecule has 0 aromatic rings. The number of unbranched alkanes of at least 4 members (excludes halogenated alkanes) is 11. The van der Waals surface area contributed by atoms with Crippen LogP contribution in [-0.2, 0) is 0 Å². The molecule has 126 valence electrons. The summed E-state index contributed by atoms with van der Waals surface area (Å²) in [6.07, 6.45) is 18.9. The Morgan fingerprint density at radius 3 is 1.81 bits per heavy atom. The first-order valence-corrected chi connectivity index (χ1v) is 8.93. The van der Waals surface area contributed by atoms with Crippen LogP contribution < -0.4 is 5.73 Å². The van der Waals surface area contributed by atoms with Crippen LogP contribution in [0.5, 0.6) is 0 Å². The molecular formula is C18H37NO2. The lowest BCUT2D eigenvalue weighted by atomic mass is 10.0. The molecule has 0 spiro atoms. The van der Waals surface area contributed by atoms with Crippen molar-refractivity contribution in [3.8, 4) is 0 Å². The molecule has 21 heavy (non-hydrogen) atoms. The summed E-state index contributed by atoms with van der Waals surface area (Å²) in [5.74, 6) is 0. The molecule has 4 N–H and O–H groups in total. The molecule has 0 aromatic carbocycles. The van der Waals surface area contributed by atoms with E-state index in [2.05, 4.69) is 6.92 Å². The molecular weight excluding hydrogens is 262 g/mol. The standard InChI is InChI=1S/C18H37NO2/c1-2-3-4-5-6-7-8-9-10-11-12-13-14-15-17(19)18(21)16-20/h14-15,17-18,20-21H,2-13,16,19H2,1H3/b15-14+/t17-,18+/m1/s1. The average molecular weight is 299 g/mol. The Kier molecular flexibility index (Phi) is 15.7. The van der Waals surface area contributed by atoms with E-state index >= 15 is 0 Å². The third kappa shape index (κ3) is 14.3. The molecule has 0 saturated carbocycles. The van der Waals surface area contributed by atoms with Gasteiger partial charge in [0.25, 0.3) is 0 Å². The van der Waals surface area contributed by atoms with Crippen molar-refractivity contribution in [3.05, 3.63) is 12.2 Å². The van der Waals surface area contributed by atoms with Gasteiger partial charge in [-0.05, 0) is 12.8 Å². The third-order valence-corrected chi connectivity index (χ3v) is 3.96. The second-order valence-corrected chi connectivity index (χ2v) is 6.08. The molecule has 0 aliphatic carbocycles. The van der Waals surface area contributed by atoms with E-state index in [-0.39, 0.29) is 6.61 Å². The predicted octanol–water partition coefficient (Wildman–Crippen LogP) is 3.92. The van der Waals surface area contributed by atoms with E-state index in [0.29, 0.717) is 0 Å². The van der Waals surface area contributed by atoms with Gasteiger partial charge in [0.05, 0.1) is 18.8 Å². The number of aliphatic hydroxyl groups excluding tert-OH is 2. The molecule has 0 heterocycles. The van der Waals surface area contributed by atoms with Gasteiger partial charge in [0, 0.05) is 0 Å². The van der Waals surface area contributed by atoms with Crippen molar-refractivity contribution >= 4 is 0 Å². The zero-order valence-corrected chi connectivity index (χ0v) is 14.0. The van der Waals surface area contributed by atoms with Crippen LogP contribution in [0.25, 0.3) is 0 Å². The lowest BCUT2D eigenvalue weighted by molar-refractivity contribution is 0.0854. The van der Waals surface area contributed by atoms with Crippen molar-refractivity contribution in [2.45, 2.75) is 96.1 Å². The highest BCUT2D eigenvalue weighted by atomic mass is 16.3. The molecule has 0 amide bonds. The largest absolute Gasteiger partial charge is 0.394 e. The zero-order chi connectivity index (χ0) is 15.8. The monoisotopic (exact) mass is 299 g/mol. The van der Waals surface area contributed by atoms with E-state index in [1.54, 1.807) is 6.08 Å². The molecule has 0 unspecified atom stereocenters. The Hall–Kier alpha value is -0.380. The first kappa shape index (κ1) is 20.6. The molecule has 0 bridgehead atoms. The predicted molar refractivity (Wildman–Crippen MR) is 91.3 cm³/mol. The number of aliphatic hydroxyl groups is 2. The Morgan fingerprint density at radius 2 is 1.33 bits per heavy atom. The molecule has 0 fully saturated rings. The topological polar surface area (TPSA) is 66.5 Å². The minimum atomic E-state index is -0.835. The van der Waals surface area contributed by atoms with Crippen molar-refractivity contribution < 1.29 is 10.2 Å². The molecule has 3 heteroatoms. The van der Waals surface area contributed by atoms with E-state index in [1.165, 1.54) is 70.6 Å². The highest BCUT2D eigenvalue weighted by Crippen LogP contribution is 2.12. The van der Waals surface area contributed by atoms with Crippen molar-refractivity contribution in [2.75, 3.05) is 6.61 Å². The van der Waals surface area contributed by atoms with Crippen LogP contribution in [-0.4, -0.2) is 29.0 Å². The fraction of sp³-hybridized carbons (Fsp3) is 0.889. The number of nitrogens with two attached hydrogens (primary N) is 1. The maximum absolute atomic E-state index is 9.29. The highest BCUT2D eigenvalue weighted by Gasteiger charge is 2.08. The quantitative estimate of drug-likeness (QED) is 0.317. The van der Waals surface area contributed by atoms with Crippen LogP contribution in [0, 0.1) is 0 Å². The van der Waals surface area contributed by atoms with Crippen LogP contribution >= 0.6 is 0 Å². The second-order valence-electron chi connectivity index (χ2n) is 6.08. The summed E-state index contributed by atoms with van der Waals surface area (Å²) < 4.78 is 0. The van der Waals surface area contributed by atoms with Crippen molar-refractivity contribution in [3.63, 3.8) is 0 Å². The summed E-state index contributed by atoms with van der Waals surface area (Å²) >= 11 is 0. The third-order valence-electron chi connectivity index (χ3n) is 3.96. The van der Waals surface area contributed by atoms with E-state index in [4.69, 9.17) is 10.8 Å². The minimum Gasteiger partial charge on any atom is -0.394 e. The van der Waals surface area contributed by atoms with E-state index < -0.39 is 12.1 Å². The van der Waals surface area contributed by atoms with Gasteiger partial charge in [0.1, 0.15) is 0 Å². The Balaban J connectivity index is 3.20. The summed E-state index contributed by atoms with van der Waals surface area (Å²) in [4.78, 5) is 0. The zero-order valence-electron chi connectivity index (χ0n) is 14.0. The van der Waals surface area contributed by atoms with Crippen molar-refractivity contribution in [1.82, 2.24) is 0 Å². The molecule has 3 nitrogen and oxygen atoms in total. The lowest BCUT2D eigenvalue weighted by Gasteiger charge is -2.11. The van der Waals surface area contributed by atoms with Gasteiger partial charge in [-0.2, -0.15) is 0 Å². The van der Waals surface area contributed by atoms with E-state index in [0.717, 1.165) is 6.42 Å². The maximum atomic E-state index is 9.29. The summed E-state index contributed by atoms with van der Waals surface area (Å²) in [7, 11) is 0. The summed E-state index contributed by atoms with van der Waals surface area (Å²) in [5.41, 5.74) is 5.67. The summed E-state index contributed by atoms with van der Waals surface area (Å²) in [6.45, 7) is 1.99. The summed E-state index contributed by atoms with van der Waals surface area (Å²) in [5, 5.41) is 18.0. The van der Waals surface area contributed by atoms with Crippen LogP contribution in [0.1, 0.15) is 84.0 Å². The van der Waals surface area contributed by atoms with Crippen molar-refractivity contribution in [2.24, 2.45) is 5.73 Å². The molecule has 0 rings (SSSR count). The molecule has 2 atom stereocenters. The first-order valence-electron chi connectivity index (χ1n) is 8.93. The van der Waals surface area contributed by atoms with Gasteiger partial charge < -0.3 is 15.9 Å².